The minimum atomic E-state index is -0.513. The van der Waals surface area contributed by atoms with Crippen molar-refractivity contribution in [2.45, 2.75) is 88.0 Å². The fraction of sp³-hybridized carbons (Fsp3) is 0.688. The van der Waals surface area contributed by atoms with Crippen molar-refractivity contribution in [2.75, 3.05) is 57.3 Å². The highest BCUT2D eigenvalue weighted by atomic mass is 32.2. The number of urea groups is 1. The third kappa shape index (κ3) is 5.20. The highest BCUT2D eigenvalue weighted by molar-refractivity contribution is 8.01. The van der Waals surface area contributed by atoms with Crippen LogP contribution < -0.4 is 10.2 Å². The van der Waals surface area contributed by atoms with Crippen LogP contribution >= 0.6 is 11.8 Å². The molecule has 12 heteroatoms. The van der Waals surface area contributed by atoms with E-state index in [1.165, 1.54) is 17.8 Å². The Balaban J connectivity index is 1.20. The van der Waals surface area contributed by atoms with Gasteiger partial charge in [0.25, 0.3) is 0 Å². The monoisotopic (exact) mass is 629 g/mol. The molecule has 3 atom stereocenters. The zero-order chi connectivity index (χ0) is 31.6. The van der Waals surface area contributed by atoms with Gasteiger partial charge in [0.05, 0.1) is 25.1 Å². The highest BCUT2D eigenvalue weighted by Gasteiger charge is 2.69. The Labute approximate surface area is 263 Å². The van der Waals surface area contributed by atoms with Crippen LogP contribution in [0.15, 0.2) is 18.2 Å². The second-order valence-corrected chi connectivity index (χ2v) is 15.9. The van der Waals surface area contributed by atoms with Gasteiger partial charge >= 0.3 is 11.9 Å². The molecule has 0 saturated carbocycles. The molecule has 5 aliphatic heterocycles. The van der Waals surface area contributed by atoms with Crippen molar-refractivity contribution in [2.24, 2.45) is 0 Å². The number of nitrogens with zero attached hydrogens (tertiary/aromatic N) is 5. The summed E-state index contributed by atoms with van der Waals surface area (Å²) in [6.45, 7) is 15.7. The van der Waals surface area contributed by atoms with Crippen molar-refractivity contribution in [3.05, 3.63) is 29.6 Å². The molecule has 1 aromatic rings. The Bertz CT molecular complexity index is 1350. The van der Waals surface area contributed by atoms with E-state index in [9.17, 15) is 19.2 Å². The minimum absolute atomic E-state index is 0.0473. The number of anilines is 1. The van der Waals surface area contributed by atoms with E-state index >= 15 is 4.39 Å². The first kappa shape index (κ1) is 31.3. The predicted molar refractivity (Wildman–Crippen MR) is 167 cm³/mol. The van der Waals surface area contributed by atoms with E-state index in [0.29, 0.717) is 51.3 Å². The third-order valence-corrected chi connectivity index (χ3v) is 12.4. The van der Waals surface area contributed by atoms with Gasteiger partial charge in [0.2, 0.25) is 11.8 Å². The number of quaternary nitrogens is 1. The third-order valence-electron chi connectivity index (χ3n) is 10.8. The van der Waals surface area contributed by atoms with Gasteiger partial charge in [-0.2, -0.15) is 0 Å². The molecule has 0 radical (unpaired) electrons. The number of amides is 5. The SMILES string of the molecule is CC(C)(C)N1CCN(c2c(F)cccc2C2S[C@@H](CC(=O)N3CCC(N4CC(=O)NC4=O)CC3)C(=O)[N+]23CCC3(C)C)CC1. The molecule has 0 aromatic heterocycles. The smallest absolute Gasteiger partial charge is 0.329 e. The number of halogens is 1. The number of imide groups is 1. The first-order valence-corrected chi connectivity index (χ1v) is 16.9. The zero-order valence-corrected chi connectivity index (χ0v) is 27.4. The lowest BCUT2D eigenvalue weighted by molar-refractivity contribution is -0.956. The van der Waals surface area contributed by atoms with Gasteiger partial charge in [0.1, 0.15) is 23.2 Å². The van der Waals surface area contributed by atoms with Crippen LogP contribution in [0.3, 0.4) is 0 Å². The number of nitrogens with one attached hydrogen (secondary N) is 1. The number of para-hydroxylation sites is 1. The lowest BCUT2D eigenvalue weighted by Gasteiger charge is -2.57. The average Bonchev–Trinajstić information content (AvgIpc) is 3.48. The molecule has 5 amide bonds. The molecular formula is C32H46FN6O4S+. The van der Waals surface area contributed by atoms with Gasteiger partial charge in [0.15, 0.2) is 5.37 Å². The molecule has 5 heterocycles. The van der Waals surface area contributed by atoms with E-state index in [0.717, 1.165) is 25.1 Å². The van der Waals surface area contributed by atoms with Crippen molar-refractivity contribution in [3.8, 4) is 0 Å². The highest BCUT2D eigenvalue weighted by Crippen LogP contribution is 2.60. The van der Waals surface area contributed by atoms with Crippen LogP contribution in [0.4, 0.5) is 14.9 Å². The molecule has 1 aromatic carbocycles. The minimum Gasteiger partial charge on any atom is -0.366 e. The quantitative estimate of drug-likeness (QED) is 0.395. The Hall–Kier alpha value is -2.70. The number of carbonyl (C=O) groups excluding carboxylic acids is 4. The van der Waals surface area contributed by atoms with Gasteiger partial charge in [-0.1, -0.05) is 17.8 Å². The molecule has 44 heavy (non-hydrogen) atoms. The van der Waals surface area contributed by atoms with E-state index in [4.69, 9.17) is 0 Å². The van der Waals surface area contributed by atoms with Crippen molar-refractivity contribution in [3.63, 3.8) is 0 Å². The summed E-state index contributed by atoms with van der Waals surface area (Å²) < 4.78 is 16.0. The van der Waals surface area contributed by atoms with E-state index in [-0.39, 0.29) is 69.5 Å². The van der Waals surface area contributed by atoms with Crippen LogP contribution in [0.2, 0.25) is 0 Å². The van der Waals surface area contributed by atoms with Gasteiger partial charge in [-0.15, -0.1) is 0 Å². The maximum absolute atomic E-state index is 15.8. The summed E-state index contributed by atoms with van der Waals surface area (Å²) in [6, 6.07) is 4.82. The number of carbonyl (C=O) groups is 4. The lowest BCUT2D eigenvalue weighted by atomic mass is 9.82. The molecule has 1 N–H and O–H groups in total. The summed E-state index contributed by atoms with van der Waals surface area (Å²) in [5.74, 6) is -0.544. The molecule has 0 aliphatic carbocycles. The molecule has 6 rings (SSSR count). The number of hydrogen-bond donors (Lipinski definition) is 1. The summed E-state index contributed by atoms with van der Waals surface area (Å²) >= 11 is 1.54. The fourth-order valence-electron chi connectivity index (χ4n) is 7.91. The van der Waals surface area contributed by atoms with Gasteiger partial charge in [-0.25, -0.2) is 18.5 Å². The lowest BCUT2D eigenvalue weighted by Crippen LogP contribution is -2.73. The van der Waals surface area contributed by atoms with Crippen LogP contribution in [0, 0.1) is 5.82 Å². The van der Waals surface area contributed by atoms with Crippen LogP contribution in [0.1, 0.15) is 71.2 Å². The molecule has 1 spiro atoms. The van der Waals surface area contributed by atoms with Gasteiger partial charge in [0, 0.05) is 56.4 Å². The van der Waals surface area contributed by atoms with E-state index < -0.39 is 5.25 Å². The summed E-state index contributed by atoms with van der Waals surface area (Å²) in [6.07, 6.45) is 2.20. The number of piperazine rings is 1. The van der Waals surface area contributed by atoms with Crippen LogP contribution in [0.25, 0.3) is 0 Å². The van der Waals surface area contributed by atoms with Gasteiger partial charge < -0.3 is 14.7 Å². The second-order valence-electron chi connectivity index (χ2n) is 14.6. The van der Waals surface area contributed by atoms with Crippen molar-refractivity contribution in [1.82, 2.24) is 20.0 Å². The number of benzene rings is 1. The topological polar surface area (TPSA) is 93.3 Å². The summed E-state index contributed by atoms with van der Waals surface area (Å²) in [5, 5.41) is 1.53. The van der Waals surface area contributed by atoms with Crippen molar-refractivity contribution >= 4 is 41.2 Å². The summed E-state index contributed by atoms with van der Waals surface area (Å²) in [5.41, 5.74) is 1.19. The number of likely N-dealkylation sites (tertiary alicyclic amines) is 1. The van der Waals surface area contributed by atoms with Crippen LogP contribution in [0.5, 0.6) is 0 Å². The zero-order valence-electron chi connectivity index (χ0n) is 26.6. The van der Waals surface area contributed by atoms with Gasteiger partial charge in [-0.05, 0) is 59.6 Å². The molecule has 10 nitrogen and oxygen atoms in total. The Kier molecular flexibility index (Phi) is 8.02. The average molecular weight is 630 g/mol. The van der Waals surface area contributed by atoms with Crippen molar-refractivity contribution in [1.29, 1.82) is 0 Å². The normalized spacial score (nSPS) is 29.9. The maximum atomic E-state index is 15.8. The van der Waals surface area contributed by atoms with Gasteiger partial charge in [-0.3, -0.25) is 19.8 Å². The molecule has 5 saturated heterocycles. The van der Waals surface area contributed by atoms with E-state index in [1.54, 1.807) is 15.9 Å². The molecule has 2 unspecified atom stereocenters. The largest absolute Gasteiger partial charge is 0.366 e. The predicted octanol–water partition coefficient (Wildman–Crippen LogP) is 3.32. The first-order valence-electron chi connectivity index (χ1n) is 16.0. The number of piperidine rings is 1. The first-order chi connectivity index (χ1) is 20.7. The second kappa shape index (κ2) is 11.3. The van der Waals surface area contributed by atoms with E-state index in [2.05, 4.69) is 49.7 Å². The van der Waals surface area contributed by atoms with Crippen LogP contribution in [-0.4, -0.2) is 118 Å². The molecule has 5 aliphatic rings. The Morgan fingerprint density at radius 2 is 1.75 bits per heavy atom. The Morgan fingerprint density at radius 3 is 2.30 bits per heavy atom. The number of rotatable bonds is 5. The molecular weight excluding hydrogens is 583 g/mol. The van der Waals surface area contributed by atoms with E-state index in [1.807, 2.05) is 6.07 Å². The standard InChI is InChI=1S/C32H45FN6O4S/c1-31(2,3)37-16-14-36(15-17-37)27-22(7-6-8-23(27)33)29-39(18-11-32(39,4)5)28(42)24(44-29)19-26(41)35-12-9-21(10-13-35)38-20-25(40)34-30(38)43/h6-8,21,24,29H,9-20H2,1-5H3/p+1/t24-,29?,39?/m0/s1. The number of thioether (sulfide) groups is 1. The number of hydrogen-bond acceptors (Lipinski definition) is 7. The van der Waals surface area contributed by atoms with Crippen molar-refractivity contribution < 1.29 is 28.1 Å². The molecule has 5 fully saturated rings. The summed E-state index contributed by atoms with van der Waals surface area (Å²) in [7, 11) is 0. The molecule has 0 bridgehead atoms. The summed E-state index contributed by atoms with van der Waals surface area (Å²) in [4.78, 5) is 59.6. The maximum Gasteiger partial charge on any atom is 0.329 e. The fourth-order valence-corrected chi connectivity index (χ4v) is 9.81. The molecule has 240 valence electrons. The Morgan fingerprint density at radius 1 is 1.07 bits per heavy atom. The van der Waals surface area contributed by atoms with Crippen LogP contribution in [-0.2, 0) is 14.4 Å².